The number of aryl methyl sites for hydroxylation is 1. The number of rotatable bonds is 1. The van der Waals surface area contributed by atoms with Gasteiger partial charge in [-0.15, -0.1) is 0 Å². The molecule has 0 saturated heterocycles. The smallest absolute Gasteiger partial charge is 0.0740 e. The van der Waals surface area contributed by atoms with Crippen molar-refractivity contribution in [3.63, 3.8) is 0 Å². The number of halogens is 1. The highest BCUT2D eigenvalue weighted by Crippen LogP contribution is 2.16. The lowest BCUT2D eigenvalue weighted by Crippen LogP contribution is -1.94. The zero-order valence-electron chi connectivity index (χ0n) is 7.11. The van der Waals surface area contributed by atoms with E-state index in [9.17, 15) is 0 Å². The molecule has 0 radical (unpaired) electrons. The Morgan fingerprint density at radius 2 is 2.00 bits per heavy atom. The van der Waals surface area contributed by atoms with E-state index >= 15 is 0 Å². The molecule has 0 bridgehead atoms. The van der Waals surface area contributed by atoms with Crippen LogP contribution in [0.25, 0.3) is 5.69 Å². The van der Waals surface area contributed by atoms with Crippen LogP contribution in [-0.2, 0) is 0 Å². The van der Waals surface area contributed by atoms with Crippen LogP contribution in [0.15, 0.2) is 35.2 Å². The molecule has 0 spiro atoms. The molecular formula is C9H8BrN3. The minimum absolute atomic E-state index is 0.983. The van der Waals surface area contributed by atoms with Crippen molar-refractivity contribution in [2.45, 2.75) is 6.92 Å². The summed E-state index contributed by atoms with van der Waals surface area (Å²) < 4.78 is 2.84. The quantitative estimate of drug-likeness (QED) is 0.763. The van der Waals surface area contributed by atoms with E-state index in [1.165, 1.54) is 0 Å². The first-order chi connectivity index (χ1) is 6.27. The first-order valence-corrected chi connectivity index (χ1v) is 4.69. The molecule has 0 aromatic carbocycles. The van der Waals surface area contributed by atoms with Crippen LogP contribution in [0.4, 0.5) is 0 Å². The molecule has 2 aromatic rings. The fourth-order valence-electron chi connectivity index (χ4n) is 1.07. The molecule has 0 N–H and O–H groups in total. The molecule has 0 fully saturated rings. The highest BCUT2D eigenvalue weighted by atomic mass is 79.9. The van der Waals surface area contributed by atoms with Crippen LogP contribution in [0.3, 0.4) is 0 Å². The van der Waals surface area contributed by atoms with Crippen molar-refractivity contribution < 1.29 is 0 Å². The van der Waals surface area contributed by atoms with Crippen molar-refractivity contribution in [2.75, 3.05) is 0 Å². The summed E-state index contributed by atoms with van der Waals surface area (Å²) in [4.78, 5) is 3.95. The SMILES string of the molecule is Cc1nn(-c2ccncc2)cc1Br. The van der Waals surface area contributed by atoms with Gasteiger partial charge in [0.1, 0.15) is 0 Å². The standard InChI is InChI=1S/C9H8BrN3/c1-7-9(10)6-13(12-7)8-2-4-11-5-3-8/h2-6H,1H3. The summed E-state index contributed by atoms with van der Waals surface area (Å²) >= 11 is 3.41. The van der Waals surface area contributed by atoms with Gasteiger partial charge in [0, 0.05) is 18.6 Å². The van der Waals surface area contributed by atoms with Gasteiger partial charge in [0.2, 0.25) is 0 Å². The van der Waals surface area contributed by atoms with Crippen molar-refractivity contribution >= 4 is 15.9 Å². The maximum Gasteiger partial charge on any atom is 0.0740 e. The number of hydrogen-bond donors (Lipinski definition) is 0. The van der Waals surface area contributed by atoms with Gasteiger partial charge in [-0.1, -0.05) is 0 Å². The summed E-state index contributed by atoms with van der Waals surface area (Å²) in [5.41, 5.74) is 2.00. The molecule has 66 valence electrons. The maximum atomic E-state index is 4.32. The number of nitrogens with zero attached hydrogens (tertiary/aromatic N) is 3. The summed E-state index contributed by atoms with van der Waals surface area (Å²) in [6, 6.07) is 3.83. The lowest BCUT2D eigenvalue weighted by Gasteiger charge is -1.97. The van der Waals surface area contributed by atoms with Crippen molar-refractivity contribution in [1.82, 2.24) is 14.8 Å². The van der Waals surface area contributed by atoms with Crippen molar-refractivity contribution in [3.8, 4) is 5.69 Å². The van der Waals surface area contributed by atoms with E-state index in [2.05, 4.69) is 26.0 Å². The topological polar surface area (TPSA) is 30.7 Å². The second-order valence-corrected chi connectivity index (χ2v) is 3.57. The molecule has 3 nitrogen and oxygen atoms in total. The normalized spacial score (nSPS) is 10.3. The predicted octanol–water partition coefficient (Wildman–Crippen LogP) is 2.34. The summed E-state index contributed by atoms with van der Waals surface area (Å²) in [6.07, 6.45) is 5.44. The molecule has 2 heterocycles. The van der Waals surface area contributed by atoms with Crippen molar-refractivity contribution in [2.24, 2.45) is 0 Å². The molecule has 0 amide bonds. The Hall–Kier alpha value is -1.16. The molecule has 0 saturated carbocycles. The lowest BCUT2D eigenvalue weighted by molar-refractivity contribution is 0.860. The molecule has 2 rings (SSSR count). The highest BCUT2D eigenvalue weighted by Gasteiger charge is 2.01. The Bertz CT molecular complexity index is 389. The van der Waals surface area contributed by atoms with E-state index in [1.54, 1.807) is 12.4 Å². The average Bonchev–Trinajstić information content (AvgIpc) is 2.49. The van der Waals surface area contributed by atoms with Crippen LogP contribution >= 0.6 is 15.9 Å². The molecule has 0 aliphatic rings. The predicted molar refractivity (Wildman–Crippen MR) is 53.8 cm³/mol. The van der Waals surface area contributed by atoms with Gasteiger partial charge in [-0.3, -0.25) is 4.98 Å². The van der Waals surface area contributed by atoms with E-state index < -0.39 is 0 Å². The number of hydrogen-bond acceptors (Lipinski definition) is 2. The molecule has 13 heavy (non-hydrogen) atoms. The molecule has 2 aromatic heterocycles. The van der Waals surface area contributed by atoms with E-state index in [0.29, 0.717) is 0 Å². The van der Waals surface area contributed by atoms with Gasteiger partial charge in [0.15, 0.2) is 0 Å². The van der Waals surface area contributed by atoms with E-state index in [1.807, 2.05) is 29.9 Å². The van der Waals surface area contributed by atoms with Gasteiger partial charge in [-0.2, -0.15) is 5.10 Å². The van der Waals surface area contributed by atoms with Gasteiger partial charge in [-0.05, 0) is 35.0 Å². The van der Waals surface area contributed by atoms with Crippen LogP contribution in [0.1, 0.15) is 5.69 Å². The molecule has 0 aliphatic heterocycles. The summed E-state index contributed by atoms with van der Waals surface area (Å²) in [5.74, 6) is 0. The number of aromatic nitrogens is 3. The zero-order chi connectivity index (χ0) is 9.26. The Morgan fingerprint density at radius 1 is 1.31 bits per heavy atom. The molecule has 0 atom stereocenters. The third-order valence-electron chi connectivity index (χ3n) is 1.77. The van der Waals surface area contributed by atoms with Crippen molar-refractivity contribution in [3.05, 3.63) is 40.9 Å². The van der Waals surface area contributed by atoms with Crippen LogP contribution in [0, 0.1) is 6.92 Å². The van der Waals surface area contributed by atoms with Crippen LogP contribution < -0.4 is 0 Å². The summed E-state index contributed by atoms with van der Waals surface area (Å²) in [7, 11) is 0. The maximum absolute atomic E-state index is 4.32. The van der Waals surface area contributed by atoms with Gasteiger partial charge < -0.3 is 0 Å². The van der Waals surface area contributed by atoms with Crippen molar-refractivity contribution in [1.29, 1.82) is 0 Å². The summed E-state index contributed by atoms with van der Waals surface area (Å²) in [5, 5.41) is 4.32. The van der Waals surface area contributed by atoms with Gasteiger partial charge in [0.05, 0.1) is 15.9 Å². The van der Waals surface area contributed by atoms with E-state index in [0.717, 1.165) is 15.9 Å². The zero-order valence-corrected chi connectivity index (χ0v) is 8.69. The van der Waals surface area contributed by atoms with Gasteiger partial charge >= 0.3 is 0 Å². The summed E-state index contributed by atoms with van der Waals surface area (Å²) in [6.45, 7) is 1.96. The van der Waals surface area contributed by atoms with Crippen LogP contribution in [0.2, 0.25) is 0 Å². The third-order valence-corrected chi connectivity index (χ3v) is 2.54. The average molecular weight is 238 g/mol. The Morgan fingerprint density at radius 3 is 2.54 bits per heavy atom. The molecule has 0 unspecified atom stereocenters. The molecule has 0 aliphatic carbocycles. The largest absolute Gasteiger partial charge is 0.265 e. The Kier molecular flexibility index (Phi) is 2.14. The lowest BCUT2D eigenvalue weighted by atomic mass is 10.4. The first kappa shape index (κ1) is 8.44. The fraction of sp³-hybridized carbons (Fsp3) is 0.111. The van der Waals surface area contributed by atoms with E-state index in [-0.39, 0.29) is 0 Å². The second kappa shape index (κ2) is 3.30. The third kappa shape index (κ3) is 1.62. The minimum atomic E-state index is 0.983. The highest BCUT2D eigenvalue weighted by molar-refractivity contribution is 9.10. The Balaban J connectivity index is 2.48. The second-order valence-electron chi connectivity index (χ2n) is 2.71. The van der Waals surface area contributed by atoms with Gasteiger partial charge in [-0.25, -0.2) is 4.68 Å². The van der Waals surface area contributed by atoms with Gasteiger partial charge in [0.25, 0.3) is 0 Å². The minimum Gasteiger partial charge on any atom is -0.265 e. The Labute approximate surface area is 84.5 Å². The van der Waals surface area contributed by atoms with Crippen LogP contribution in [0.5, 0.6) is 0 Å². The fourth-order valence-corrected chi connectivity index (χ4v) is 1.34. The monoisotopic (exact) mass is 237 g/mol. The van der Waals surface area contributed by atoms with E-state index in [4.69, 9.17) is 0 Å². The van der Waals surface area contributed by atoms with Crippen LogP contribution in [-0.4, -0.2) is 14.8 Å². The number of pyridine rings is 1. The molecular weight excluding hydrogens is 230 g/mol. The molecule has 4 heteroatoms. The first-order valence-electron chi connectivity index (χ1n) is 3.89.